The maximum atomic E-state index is 12.2. The standard InChI is InChI=1S/C22H24N2O2S/c1-14-5-11-21(15(2)13-14)27-19-8-6-18(7-9-19)23-22(25)12-10-20-16(3)24-26-17(20)4/h5-9,11,13H,10,12H2,1-4H3,(H,23,25). The predicted octanol–water partition coefficient (Wildman–Crippen LogP) is 5.63. The topological polar surface area (TPSA) is 55.1 Å². The Bertz CT molecular complexity index is 926. The molecule has 2 aromatic carbocycles. The van der Waals surface area contributed by atoms with Gasteiger partial charge in [0.05, 0.1) is 5.69 Å². The van der Waals surface area contributed by atoms with E-state index in [0.717, 1.165) is 27.6 Å². The van der Waals surface area contributed by atoms with Crippen molar-refractivity contribution in [3.8, 4) is 0 Å². The molecule has 27 heavy (non-hydrogen) atoms. The van der Waals surface area contributed by atoms with Crippen molar-refractivity contribution in [2.75, 3.05) is 5.32 Å². The van der Waals surface area contributed by atoms with Crippen LogP contribution in [0.2, 0.25) is 0 Å². The molecule has 0 atom stereocenters. The fraction of sp³-hybridized carbons (Fsp3) is 0.273. The lowest BCUT2D eigenvalue weighted by Gasteiger charge is -2.08. The summed E-state index contributed by atoms with van der Waals surface area (Å²) in [6.07, 6.45) is 1.04. The lowest BCUT2D eigenvalue weighted by atomic mass is 10.1. The van der Waals surface area contributed by atoms with E-state index >= 15 is 0 Å². The summed E-state index contributed by atoms with van der Waals surface area (Å²) in [5.41, 5.74) is 5.23. The summed E-state index contributed by atoms with van der Waals surface area (Å²) in [7, 11) is 0. The third-order valence-corrected chi connectivity index (χ3v) is 5.67. The Morgan fingerprint density at radius 2 is 1.81 bits per heavy atom. The first-order valence-electron chi connectivity index (χ1n) is 8.99. The van der Waals surface area contributed by atoms with Crippen LogP contribution in [0.4, 0.5) is 5.69 Å². The first-order valence-corrected chi connectivity index (χ1v) is 9.81. The second kappa shape index (κ2) is 8.44. The summed E-state index contributed by atoms with van der Waals surface area (Å²) < 4.78 is 5.14. The molecule has 0 spiro atoms. The number of nitrogens with zero attached hydrogens (tertiary/aromatic N) is 1. The zero-order valence-electron chi connectivity index (χ0n) is 16.1. The summed E-state index contributed by atoms with van der Waals surface area (Å²) in [5.74, 6) is 0.776. The molecule has 0 fully saturated rings. The lowest BCUT2D eigenvalue weighted by Crippen LogP contribution is -2.12. The highest BCUT2D eigenvalue weighted by Crippen LogP contribution is 2.31. The minimum absolute atomic E-state index is 0.00946. The fourth-order valence-corrected chi connectivity index (χ4v) is 3.85. The predicted molar refractivity (Wildman–Crippen MR) is 109 cm³/mol. The van der Waals surface area contributed by atoms with Crippen molar-refractivity contribution in [2.24, 2.45) is 0 Å². The van der Waals surface area contributed by atoms with Gasteiger partial charge in [0.2, 0.25) is 5.91 Å². The molecule has 3 aromatic rings. The van der Waals surface area contributed by atoms with E-state index in [1.807, 2.05) is 38.1 Å². The number of benzene rings is 2. The van der Waals surface area contributed by atoms with Gasteiger partial charge in [-0.25, -0.2) is 0 Å². The molecule has 0 aliphatic heterocycles. The minimum Gasteiger partial charge on any atom is -0.361 e. The maximum absolute atomic E-state index is 12.2. The Morgan fingerprint density at radius 1 is 1.07 bits per heavy atom. The average Bonchev–Trinajstić information content (AvgIpc) is 2.95. The van der Waals surface area contributed by atoms with Crippen molar-refractivity contribution < 1.29 is 9.32 Å². The van der Waals surface area contributed by atoms with E-state index in [1.165, 1.54) is 16.0 Å². The van der Waals surface area contributed by atoms with Gasteiger partial charge in [-0.2, -0.15) is 0 Å². The third kappa shape index (κ3) is 5.01. The molecule has 3 rings (SSSR count). The van der Waals surface area contributed by atoms with Gasteiger partial charge in [-0.05, 0) is 70.0 Å². The van der Waals surface area contributed by atoms with Crippen molar-refractivity contribution >= 4 is 23.4 Å². The first kappa shape index (κ1) is 19.2. The molecule has 5 heteroatoms. The zero-order valence-corrected chi connectivity index (χ0v) is 16.9. The molecular formula is C22H24N2O2S. The molecule has 1 heterocycles. The molecule has 4 nitrogen and oxygen atoms in total. The van der Waals surface area contributed by atoms with Crippen molar-refractivity contribution in [3.63, 3.8) is 0 Å². The van der Waals surface area contributed by atoms with Gasteiger partial charge in [-0.3, -0.25) is 4.79 Å². The molecule has 1 aromatic heterocycles. The van der Waals surface area contributed by atoms with Crippen LogP contribution in [0.3, 0.4) is 0 Å². The summed E-state index contributed by atoms with van der Waals surface area (Å²) >= 11 is 1.73. The second-order valence-electron chi connectivity index (χ2n) is 6.75. The van der Waals surface area contributed by atoms with E-state index in [0.29, 0.717) is 12.8 Å². The Labute approximate surface area is 164 Å². The molecule has 0 aliphatic rings. The number of hydrogen-bond acceptors (Lipinski definition) is 4. The van der Waals surface area contributed by atoms with Crippen LogP contribution in [-0.2, 0) is 11.2 Å². The normalized spacial score (nSPS) is 10.8. The smallest absolute Gasteiger partial charge is 0.224 e. The SMILES string of the molecule is Cc1ccc(Sc2ccc(NC(=O)CCc3c(C)noc3C)cc2)c(C)c1. The summed E-state index contributed by atoms with van der Waals surface area (Å²) in [6.45, 7) is 8.00. The first-order chi connectivity index (χ1) is 12.9. The van der Waals surface area contributed by atoms with Crippen molar-refractivity contribution in [1.29, 1.82) is 0 Å². The average molecular weight is 381 g/mol. The van der Waals surface area contributed by atoms with Gasteiger partial charge >= 0.3 is 0 Å². The number of aryl methyl sites for hydroxylation is 4. The van der Waals surface area contributed by atoms with E-state index < -0.39 is 0 Å². The largest absolute Gasteiger partial charge is 0.361 e. The van der Waals surface area contributed by atoms with E-state index in [4.69, 9.17) is 4.52 Å². The van der Waals surface area contributed by atoms with E-state index in [1.54, 1.807) is 11.8 Å². The lowest BCUT2D eigenvalue weighted by molar-refractivity contribution is -0.116. The zero-order chi connectivity index (χ0) is 19.4. The summed E-state index contributed by atoms with van der Waals surface area (Å²) in [6, 6.07) is 14.4. The number of rotatable bonds is 6. The Hall–Kier alpha value is -2.53. The quantitative estimate of drug-likeness (QED) is 0.602. The van der Waals surface area contributed by atoms with Gasteiger partial charge in [0.25, 0.3) is 0 Å². The maximum Gasteiger partial charge on any atom is 0.224 e. The van der Waals surface area contributed by atoms with Crippen LogP contribution in [-0.4, -0.2) is 11.1 Å². The minimum atomic E-state index is -0.00946. The van der Waals surface area contributed by atoms with Gasteiger partial charge < -0.3 is 9.84 Å². The molecule has 1 N–H and O–H groups in total. The van der Waals surface area contributed by atoms with Gasteiger partial charge in [0, 0.05) is 27.5 Å². The highest BCUT2D eigenvalue weighted by molar-refractivity contribution is 7.99. The van der Waals surface area contributed by atoms with Crippen LogP contribution in [0.1, 0.15) is 34.6 Å². The van der Waals surface area contributed by atoms with E-state index in [-0.39, 0.29) is 5.91 Å². The third-order valence-electron chi connectivity index (χ3n) is 4.48. The number of amides is 1. The fourth-order valence-electron chi connectivity index (χ4n) is 2.97. The van der Waals surface area contributed by atoms with Gasteiger partial charge in [0.1, 0.15) is 5.76 Å². The summed E-state index contributed by atoms with van der Waals surface area (Å²) in [5, 5.41) is 6.88. The van der Waals surface area contributed by atoms with Gasteiger partial charge in [0.15, 0.2) is 0 Å². The Morgan fingerprint density at radius 3 is 2.44 bits per heavy atom. The number of carbonyl (C=O) groups is 1. The van der Waals surface area contributed by atoms with Crippen LogP contribution in [0, 0.1) is 27.7 Å². The molecule has 0 aliphatic carbocycles. The number of carbonyl (C=O) groups excluding carboxylic acids is 1. The Balaban J connectivity index is 1.56. The number of aromatic nitrogens is 1. The van der Waals surface area contributed by atoms with Gasteiger partial charge in [-0.15, -0.1) is 0 Å². The molecule has 0 radical (unpaired) electrons. The highest BCUT2D eigenvalue weighted by atomic mass is 32.2. The Kier molecular flexibility index (Phi) is 6.01. The molecule has 0 bridgehead atoms. The van der Waals surface area contributed by atoms with Crippen molar-refractivity contribution in [2.45, 2.75) is 50.3 Å². The molecule has 0 unspecified atom stereocenters. The van der Waals surface area contributed by atoms with Crippen LogP contribution < -0.4 is 5.32 Å². The van der Waals surface area contributed by atoms with E-state index in [2.05, 4.69) is 42.5 Å². The van der Waals surface area contributed by atoms with Crippen LogP contribution >= 0.6 is 11.8 Å². The number of nitrogens with one attached hydrogen (secondary N) is 1. The summed E-state index contributed by atoms with van der Waals surface area (Å²) in [4.78, 5) is 14.6. The second-order valence-corrected chi connectivity index (χ2v) is 7.86. The van der Waals surface area contributed by atoms with Crippen LogP contribution in [0.15, 0.2) is 56.8 Å². The van der Waals surface area contributed by atoms with Gasteiger partial charge in [-0.1, -0.05) is 34.6 Å². The van der Waals surface area contributed by atoms with Crippen molar-refractivity contribution in [1.82, 2.24) is 5.16 Å². The van der Waals surface area contributed by atoms with E-state index in [9.17, 15) is 4.79 Å². The monoisotopic (exact) mass is 380 g/mol. The number of anilines is 1. The molecule has 140 valence electrons. The molecule has 0 saturated heterocycles. The molecule has 1 amide bonds. The molecule has 0 saturated carbocycles. The molecular weight excluding hydrogens is 356 g/mol. The van der Waals surface area contributed by atoms with Crippen LogP contribution in [0.25, 0.3) is 0 Å². The van der Waals surface area contributed by atoms with Crippen LogP contribution in [0.5, 0.6) is 0 Å². The highest BCUT2D eigenvalue weighted by Gasteiger charge is 2.11. The number of hydrogen-bond donors (Lipinski definition) is 1. The van der Waals surface area contributed by atoms with Crippen molar-refractivity contribution in [3.05, 3.63) is 70.6 Å².